The standard InChI is InChI=1S/C16H13BrN2O2S/c1-11-9-13(17)10-18-16(11)19-22(20,21)15-8-4-6-12-5-2-3-7-14(12)15/h2-10H,1H3,(H,18,19). The number of pyridine rings is 1. The van der Waals surface area contributed by atoms with E-state index in [9.17, 15) is 8.42 Å². The second kappa shape index (κ2) is 5.70. The minimum atomic E-state index is -3.70. The normalized spacial score (nSPS) is 11.5. The molecule has 0 unspecified atom stereocenters. The van der Waals surface area contributed by atoms with E-state index in [-0.39, 0.29) is 4.90 Å². The van der Waals surface area contributed by atoms with Gasteiger partial charge in [-0.05, 0) is 45.9 Å². The van der Waals surface area contributed by atoms with Gasteiger partial charge in [-0.2, -0.15) is 0 Å². The molecular weight excluding hydrogens is 364 g/mol. The lowest BCUT2D eigenvalue weighted by molar-refractivity contribution is 0.602. The van der Waals surface area contributed by atoms with Crippen LogP contribution in [-0.2, 0) is 10.0 Å². The highest BCUT2D eigenvalue weighted by Crippen LogP contribution is 2.25. The van der Waals surface area contributed by atoms with E-state index < -0.39 is 10.0 Å². The lowest BCUT2D eigenvalue weighted by atomic mass is 10.1. The molecule has 0 radical (unpaired) electrons. The summed E-state index contributed by atoms with van der Waals surface area (Å²) >= 11 is 3.31. The minimum Gasteiger partial charge on any atom is -0.263 e. The maximum Gasteiger partial charge on any atom is 0.263 e. The number of hydrogen-bond acceptors (Lipinski definition) is 3. The van der Waals surface area contributed by atoms with Crippen molar-refractivity contribution in [3.05, 3.63) is 64.8 Å². The average molecular weight is 377 g/mol. The minimum absolute atomic E-state index is 0.245. The van der Waals surface area contributed by atoms with Crippen LogP contribution < -0.4 is 4.72 Å². The number of nitrogens with zero attached hydrogens (tertiary/aromatic N) is 1. The van der Waals surface area contributed by atoms with Crippen molar-refractivity contribution < 1.29 is 8.42 Å². The van der Waals surface area contributed by atoms with Crippen LogP contribution in [0.4, 0.5) is 5.82 Å². The Kier molecular flexibility index (Phi) is 3.88. The fourth-order valence-electron chi connectivity index (χ4n) is 2.26. The number of anilines is 1. The van der Waals surface area contributed by atoms with Gasteiger partial charge >= 0.3 is 0 Å². The summed E-state index contributed by atoms with van der Waals surface area (Å²) in [6, 6.07) is 14.4. The highest BCUT2D eigenvalue weighted by Gasteiger charge is 2.18. The molecule has 0 saturated carbocycles. The van der Waals surface area contributed by atoms with Crippen LogP contribution >= 0.6 is 15.9 Å². The number of nitrogens with one attached hydrogen (secondary N) is 1. The molecule has 112 valence electrons. The Labute approximate surface area is 137 Å². The molecule has 0 atom stereocenters. The SMILES string of the molecule is Cc1cc(Br)cnc1NS(=O)(=O)c1cccc2ccccc12. The topological polar surface area (TPSA) is 59.1 Å². The zero-order valence-electron chi connectivity index (χ0n) is 11.7. The maximum atomic E-state index is 12.7. The molecule has 1 N–H and O–H groups in total. The van der Waals surface area contributed by atoms with Crippen molar-refractivity contribution in [2.45, 2.75) is 11.8 Å². The zero-order chi connectivity index (χ0) is 15.7. The van der Waals surface area contributed by atoms with Crippen LogP contribution in [0.25, 0.3) is 10.8 Å². The molecule has 2 aromatic carbocycles. The Morgan fingerprint density at radius 2 is 1.82 bits per heavy atom. The summed E-state index contributed by atoms with van der Waals surface area (Å²) in [5, 5.41) is 1.57. The number of hydrogen-bond donors (Lipinski definition) is 1. The van der Waals surface area contributed by atoms with E-state index in [1.54, 1.807) is 31.3 Å². The number of fused-ring (bicyclic) bond motifs is 1. The van der Waals surface area contributed by atoms with Gasteiger partial charge in [0.1, 0.15) is 5.82 Å². The van der Waals surface area contributed by atoms with Gasteiger partial charge in [-0.15, -0.1) is 0 Å². The van der Waals surface area contributed by atoms with Crippen molar-refractivity contribution in [2.75, 3.05) is 4.72 Å². The quantitative estimate of drug-likeness (QED) is 0.748. The fourth-order valence-corrected chi connectivity index (χ4v) is 4.02. The van der Waals surface area contributed by atoms with E-state index in [2.05, 4.69) is 25.6 Å². The molecule has 0 aliphatic heterocycles. The van der Waals surface area contributed by atoms with Gasteiger partial charge in [0.15, 0.2) is 0 Å². The van der Waals surface area contributed by atoms with Gasteiger partial charge in [0.05, 0.1) is 4.90 Å². The van der Waals surface area contributed by atoms with Crippen LogP contribution in [0.2, 0.25) is 0 Å². The first-order chi connectivity index (χ1) is 10.5. The van der Waals surface area contributed by atoms with Crippen LogP contribution in [0.15, 0.2) is 64.1 Å². The zero-order valence-corrected chi connectivity index (χ0v) is 14.1. The third-order valence-corrected chi connectivity index (χ3v) is 5.15. The number of sulfonamides is 1. The second-order valence-corrected chi connectivity index (χ2v) is 7.47. The Morgan fingerprint density at radius 3 is 2.59 bits per heavy atom. The molecule has 0 bridgehead atoms. The summed E-state index contributed by atoms with van der Waals surface area (Å²) in [5.74, 6) is 0.330. The highest BCUT2D eigenvalue weighted by atomic mass is 79.9. The van der Waals surface area contributed by atoms with E-state index in [1.807, 2.05) is 30.3 Å². The van der Waals surface area contributed by atoms with Crippen molar-refractivity contribution in [1.29, 1.82) is 0 Å². The molecule has 4 nitrogen and oxygen atoms in total. The van der Waals surface area contributed by atoms with Crippen LogP contribution in [0.5, 0.6) is 0 Å². The smallest absolute Gasteiger partial charge is 0.263 e. The number of benzene rings is 2. The molecule has 1 heterocycles. The molecule has 0 aliphatic rings. The summed E-state index contributed by atoms with van der Waals surface area (Å²) in [4.78, 5) is 4.38. The molecule has 22 heavy (non-hydrogen) atoms. The molecule has 0 spiro atoms. The second-order valence-electron chi connectivity index (χ2n) is 4.90. The van der Waals surface area contributed by atoms with Gasteiger partial charge in [-0.1, -0.05) is 36.4 Å². The van der Waals surface area contributed by atoms with E-state index in [4.69, 9.17) is 0 Å². The first-order valence-electron chi connectivity index (χ1n) is 6.60. The lowest BCUT2D eigenvalue weighted by Gasteiger charge is -2.11. The van der Waals surface area contributed by atoms with Crippen molar-refractivity contribution >= 4 is 42.5 Å². The number of halogens is 1. The first kappa shape index (κ1) is 15.0. The van der Waals surface area contributed by atoms with Gasteiger partial charge in [0, 0.05) is 16.1 Å². The van der Waals surface area contributed by atoms with Gasteiger partial charge in [-0.25, -0.2) is 13.4 Å². The largest absolute Gasteiger partial charge is 0.263 e. The Hall–Kier alpha value is -1.92. The molecule has 0 fully saturated rings. The summed E-state index contributed by atoms with van der Waals surface area (Å²) in [7, 11) is -3.70. The van der Waals surface area contributed by atoms with Crippen molar-refractivity contribution in [3.8, 4) is 0 Å². The molecule has 0 amide bonds. The van der Waals surface area contributed by atoms with Gasteiger partial charge in [-0.3, -0.25) is 4.72 Å². The predicted molar refractivity (Wildman–Crippen MR) is 91.4 cm³/mol. The summed E-state index contributed by atoms with van der Waals surface area (Å²) in [5.41, 5.74) is 0.748. The van der Waals surface area contributed by atoms with Gasteiger partial charge < -0.3 is 0 Å². The highest BCUT2D eigenvalue weighted by molar-refractivity contribution is 9.10. The summed E-state index contributed by atoms with van der Waals surface area (Å²) in [6.07, 6.45) is 1.56. The Balaban J connectivity index is 2.09. The maximum absolute atomic E-state index is 12.7. The van der Waals surface area contributed by atoms with E-state index >= 15 is 0 Å². The van der Waals surface area contributed by atoms with E-state index in [1.165, 1.54) is 0 Å². The number of aromatic nitrogens is 1. The molecular formula is C16H13BrN2O2S. The van der Waals surface area contributed by atoms with Crippen molar-refractivity contribution in [3.63, 3.8) is 0 Å². The van der Waals surface area contributed by atoms with Gasteiger partial charge in [0.2, 0.25) is 0 Å². The fraction of sp³-hybridized carbons (Fsp3) is 0.0625. The van der Waals surface area contributed by atoms with Crippen LogP contribution in [0, 0.1) is 6.92 Å². The molecule has 6 heteroatoms. The monoisotopic (exact) mass is 376 g/mol. The first-order valence-corrected chi connectivity index (χ1v) is 8.88. The summed E-state index contributed by atoms with van der Waals surface area (Å²) < 4.78 is 28.7. The molecule has 0 saturated heterocycles. The van der Waals surface area contributed by atoms with Crippen molar-refractivity contribution in [1.82, 2.24) is 4.98 Å². The Bertz CT molecular complexity index is 950. The predicted octanol–water partition coefficient (Wildman–Crippen LogP) is 4.11. The molecule has 1 aromatic heterocycles. The third kappa shape index (κ3) is 2.84. The van der Waals surface area contributed by atoms with Crippen molar-refractivity contribution in [2.24, 2.45) is 0 Å². The number of aryl methyl sites for hydroxylation is 1. The molecule has 0 aliphatic carbocycles. The van der Waals surface area contributed by atoms with Crippen LogP contribution in [-0.4, -0.2) is 13.4 Å². The van der Waals surface area contributed by atoms with Crippen LogP contribution in [0.1, 0.15) is 5.56 Å². The Morgan fingerprint density at radius 1 is 1.09 bits per heavy atom. The molecule has 3 aromatic rings. The molecule has 3 rings (SSSR count). The average Bonchev–Trinajstić information content (AvgIpc) is 2.49. The van der Waals surface area contributed by atoms with Crippen LogP contribution in [0.3, 0.4) is 0 Å². The third-order valence-electron chi connectivity index (χ3n) is 3.32. The van der Waals surface area contributed by atoms with Gasteiger partial charge in [0.25, 0.3) is 10.0 Å². The summed E-state index contributed by atoms with van der Waals surface area (Å²) in [6.45, 7) is 1.80. The van der Waals surface area contributed by atoms with E-state index in [0.717, 1.165) is 15.4 Å². The van der Waals surface area contributed by atoms with E-state index in [0.29, 0.717) is 11.2 Å². The lowest BCUT2D eigenvalue weighted by Crippen LogP contribution is -2.15. The number of rotatable bonds is 3.